The van der Waals surface area contributed by atoms with Crippen molar-refractivity contribution in [3.05, 3.63) is 53.4 Å². The van der Waals surface area contributed by atoms with Gasteiger partial charge in [-0.1, -0.05) is 18.2 Å². The van der Waals surface area contributed by atoms with Crippen LogP contribution in [0, 0.1) is 0 Å². The Bertz CT molecular complexity index is 1040. The van der Waals surface area contributed by atoms with E-state index in [2.05, 4.69) is 15.5 Å². The van der Waals surface area contributed by atoms with Crippen LogP contribution in [-0.2, 0) is 9.53 Å². The van der Waals surface area contributed by atoms with Crippen molar-refractivity contribution in [3.63, 3.8) is 0 Å². The van der Waals surface area contributed by atoms with E-state index in [0.29, 0.717) is 36.0 Å². The molecule has 0 aliphatic carbocycles. The Balaban J connectivity index is 1.43. The molecule has 2 aromatic carbocycles. The van der Waals surface area contributed by atoms with Crippen LogP contribution >= 0.6 is 11.3 Å². The molecule has 0 unspecified atom stereocenters. The average molecular weight is 410 g/mol. The van der Waals surface area contributed by atoms with E-state index in [0.717, 1.165) is 28.9 Å². The highest BCUT2D eigenvalue weighted by molar-refractivity contribution is 7.21. The van der Waals surface area contributed by atoms with Crippen molar-refractivity contribution in [2.75, 3.05) is 49.2 Å². The van der Waals surface area contributed by atoms with Crippen LogP contribution in [0.1, 0.15) is 9.67 Å². The number of anilines is 3. The lowest BCUT2D eigenvalue weighted by molar-refractivity contribution is -0.118. The second-order valence-corrected chi connectivity index (χ2v) is 7.93. The minimum atomic E-state index is -0.206. The number of nitrogen functional groups attached to an aromatic ring is 1. The molecule has 8 heteroatoms. The number of ether oxygens (including phenoxy) is 1. The third-order valence-corrected chi connectivity index (χ3v) is 5.80. The SMILES string of the molecule is Nc1ccccc1NC(=O)c1cc2ccc(NC(=O)CN3CCOCC3)cc2s1. The molecule has 4 N–H and O–H groups in total. The molecule has 1 fully saturated rings. The van der Waals surface area contributed by atoms with Gasteiger partial charge in [-0.25, -0.2) is 0 Å². The van der Waals surface area contributed by atoms with Gasteiger partial charge in [0.25, 0.3) is 5.91 Å². The van der Waals surface area contributed by atoms with Crippen molar-refractivity contribution < 1.29 is 14.3 Å². The van der Waals surface area contributed by atoms with Gasteiger partial charge in [0.05, 0.1) is 36.0 Å². The first-order valence-electron chi connectivity index (χ1n) is 9.38. The number of amides is 2. The first-order chi connectivity index (χ1) is 14.1. The van der Waals surface area contributed by atoms with E-state index >= 15 is 0 Å². The van der Waals surface area contributed by atoms with E-state index < -0.39 is 0 Å². The maximum atomic E-state index is 12.6. The fraction of sp³-hybridized carbons (Fsp3) is 0.238. The monoisotopic (exact) mass is 410 g/mol. The Hall–Kier alpha value is -2.94. The number of benzene rings is 2. The van der Waals surface area contributed by atoms with Crippen molar-refractivity contribution in [2.45, 2.75) is 0 Å². The first kappa shape index (κ1) is 19.4. The predicted molar refractivity (Wildman–Crippen MR) is 117 cm³/mol. The number of morpholine rings is 1. The van der Waals surface area contributed by atoms with Gasteiger partial charge in [-0.15, -0.1) is 11.3 Å². The van der Waals surface area contributed by atoms with Crippen LogP contribution in [0.25, 0.3) is 10.1 Å². The molecule has 0 atom stereocenters. The van der Waals surface area contributed by atoms with Gasteiger partial charge in [-0.05, 0) is 35.7 Å². The molecule has 0 saturated carbocycles. The Kier molecular flexibility index (Phi) is 5.75. The highest BCUT2D eigenvalue weighted by Gasteiger charge is 2.15. The number of para-hydroxylation sites is 2. The van der Waals surface area contributed by atoms with Crippen molar-refractivity contribution >= 4 is 50.3 Å². The van der Waals surface area contributed by atoms with E-state index in [9.17, 15) is 9.59 Å². The van der Waals surface area contributed by atoms with Crippen molar-refractivity contribution in [1.29, 1.82) is 0 Å². The highest BCUT2D eigenvalue weighted by Crippen LogP contribution is 2.29. The third kappa shape index (κ3) is 4.73. The lowest BCUT2D eigenvalue weighted by Gasteiger charge is -2.25. The molecule has 2 heterocycles. The van der Waals surface area contributed by atoms with Gasteiger partial charge in [0.2, 0.25) is 5.91 Å². The molecule has 4 rings (SSSR count). The fourth-order valence-corrected chi connectivity index (χ4v) is 4.18. The molecule has 3 aromatic rings. The summed E-state index contributed by atoms with van der Waals surface area (Å²) in [6, 6.07) is 14.6. The first-order valence-corrected chi connectivity index (χ1v) is 10.2. The zero-order valence-electron chi connectivity index (χ0n) is 15.8. The molecule has 2 amide bonds. The molecule has 29 heavy (non-hydrogen) atoms. The van der Waals surface area contributed by atoms with Crippen LogP contribution in [0.15, 0.2) is 48.5 Å². The molecular weight excluding hydrogens is 388 g/mol. The number of hydrogen-bond donors (Lipinski definition) is 3. The lowest BCUT2D eigenvalue weighted by Crippen LogP contribution is -2.41. The number of rotatable bonds is 5. The molecular formula is C21H22N4O3S. The summed E-state index contributed by atoms with van der Waals surface area (Å²) in [6.07, 6.45) is 0. The molecule has 1 saturated heterocycles. The molecule has 1 aromatic heterocycles. The van der Waals surface area contributed by atoms with E-state index in [-0.39, 0.29) is 11.8 Å². The molecule has 0 bridgehead atoms. The van der Waals surface area contributed by atoms with Crippen LogP contribution < -0.4 is 16.4 Å². The summed E-state index contributed by atoms with van der Waals surface area (Å²) < 4.78 is 6.23. The predicted octanol–water partition coefficient (Wildman–Crippen LogP) is 3.01. The van der Waals surface area contributed by atoms with E-state index in [1.807, 2.05) is 36.4 Å². The highest BCUT2D eigenvalue weighted by atomic mass is 32.1. The summed E-state index contributed by atoms with van der Waals surface area (Å²) >= 11 is 1.38. The van der Waals surface area contributed by atoms with Gasteiger partial charge < -0.3 is 21.1 Å². The summed E-state index contributed by atoms with van der Waals surface area (Å²) in [5.41, 5.74) is 7.72. The minimum Gasteiger partial charge on any atom is -0.397 e. The molecule has 0 spiro atoms. The lowest BCUT2D eigenvalue weighted by atomic mass is 10.2. The minimum absolute atomic E-state index is 0.0553. The van der Waals surface area contributed by atoms with Gasteiger partial charge in [-0.3, -0.25) is 14.5 Å². The molecule has 7 nitrogen and oxygen atoms in total. The Morgan fingerprint density at radius 1 is 1.07 bits per heavy atom. The van der Waals surface area contributed by atoms with Gasteiger partial charge in [0, 0.05) is 23.5 Å². The Labute approximate surface area is 172 Å². The second-order valence-electron chi connectivity index (χ2n) is 6.84. The van der Waals surface area contributed by atoms with Gasteiger partial charge in [0.1, 0.15) is 0 Å². The molecule has 0 radical (unpaired) electrons. The maximum Gasteiger partial charge on any atom is 0.265 e. The van der Waals surface area contributed by atoms with Crippen LogP contribution in [0.5, 0.6) is 0 Å². The number of nitrogens with one attached hydrogen (secondary N) is 2. The van der Waals surface area contributed by atoms with Crippen molar-refractivity contribution in [2.24, 2.45) is 0 Å². The summed E-state index contributed by atoms with van der Waals surface area (Å²) in [5, 5.41) is 6.73. The third-order valence-electron chi connectivity index (χ3n) is 4.71. The van der Waals surface area contributed by atoms with Crippen LogP contribution in [0.4, 0.5) is 17.1 Å². The fourth-order valence-electron chi connectivity index (χ4n) is 3.18. The molecule has 1 aliphatic heterocycles. The van der Waals surface area contributed by atoms with Crippen molar-refractivity contribution in [3.8, 4) is 0 Å². The normalized spacial score (nSPS) is 14.6. The van der Waals surface area contributed by atoms with Gasteiger partial charge >= 0.3 is 0 Å². The summed E-state index contributed by atoms with van der Waals surface area (Å²) in [4.78, 5) is 27.5. The molecule has 1 aliphatic rings. The Morgan fingerprint density at radius 2 is 1.86 bits per heavy atom. The van der Waals surface area contributed by atoms with E-state index in [1.54, 1.807) is 12.1 Å². The van der Waals surface area contributed by atoms with Gasteiger partial charge in [-0.2, -0.15) is 0 Å². The van der Waals surface area contributed by atoms with Crippen LogP contribution in [0.2, 0.25) is 0 Å². The van der Waals surface area contributed by atoms with Crippen LogP contribution in [-0.4, -0.2) is 49.6 Å². The topological polar surface area (TPSA) is 96.7 Å². The number of nitrogens with two attached hydrogens (primary N) is 1. The summed E-state index contributed by atoms with van der Waals surface area (Å²) in [6.45, 7) is 3.20. The summed E-state index contributed by atoms with van der Waals surface area (Å²) in [5.74, 6) is -0.262. The number of thiophene rings is 1. The number of fused-ring (bicyclic) bond motifs is 1. The zero-order valence-corrected chi connectivity index (χ0v) is 16.6. The van der Waals surface area contributed by atoms with E-state index in [4.69, 9.17) is 10.5 Å². The van der Waals surface area contributed by atoms with Crippen molar-refractivity contribution in [1.82, 2.24) is 4.90 Å². The number of carbonyl (C=O) groups excluding carboxylic acids is 2. The number of hydrogen-bond acceptors (Lipinski definition) is 6. The van der Waals surface area contributed by atoms with Crippen LogP contribution in [0.3, 0.4) is 0 Å². The largest absolute Gasteiger partial charge is 0.397 e. The summed E-state index contributed by atoms with van der Waals surface area (Å²) in [7, 11) is 0. The van der Waals surface area contributed by atoms with Gasteiger partial charge in [0.15, 0.2) is 0 Å². The average Bonchev–Trinajstić information content (AvgIpc) is 3.14. The standard InChI is InChI=1S/C21H22N4O3S/c22-16-3-1-2-4-17(16)24-21(27)19-11-14-5-6-15(12-18(14)29-19)23-20(26)13-25-7-9-28-10-8-25/h1-6,11-12H,7-10,13,22H2,(H,23,26)(H,24,27). The molecule has 150 valence electrons. The maximum absolute atomic E-state index is 12.6. The quantitative estimate of drug-likeness (QED) is 0.562. The second kappa shape index (κ2) is 8.60. The zero-order chi connectivity index (χ0) is 20.2. The number of carbonyl (C=O) groups is 2. The van der Waals surface area contributed by atoms with E-state index in [1.165, 1.54) is 11.3 Å². The smallest absolute Gasteiger partial charge is 0.265 e. The Morgan fingerprint density at radius 3 is 2.66 bits per heavy atom. The number of nitrogens with zero attached hydrogens (tertiary/aromatic N) is 1.